The number of H-pyrrole nitrogens is 1. The Morgan fingerprint density at radius 2 is 1.82 bits per heavy atom. The van der Waals surface area contributed by atoms with Gasteiger partial charge in [-0.25, -0.2) is 4.39 Å². The Morgan fingerprint density at radius 3 is 2.64 bits per heavy atom. The van der Waals surface area contributed by atoms with Crippen molar-refractivity contribution in [1.82, 2.24) is 4.98 Å². The van der Waals surface area contributed by atoms with Crippen LogP contribution in [0.3, 0.4) is 0 Å². The van der Waals surface area contributed by atoms with Crippen LogP contribution in [0, 0.1) is 5.82 Å². The second-order valence-corrected chi connectivity index (χ2v) is 10.6. The van der Waals surface area contributed by atoms with Crippen LogP contribution in [-0.2, 0) is 16.5 Å². The summed E-state index contributed by atoms with van der Waals surface area (Å²) < 4.78 is 49.1. The molecule has 33 heavy (non-hydrogen) atoms. The zero-order valence-electron chi connectivity index (χ0n) is 17.9. The monoisotopic (exact) mass is 459 g/mol. The van der Waals surface area contributed by atoms with Gasteiger partial charge in [0, 0.05) is 28.4 Å². The molecule has 0 bridgehead atoms. The molecule has 0 spiro atoms. The van der Waals surface area contributed by atoms with E-state index in [0.29, 0.717) is 11.1 Å². The molecule has 1 heterocycles. The van der Waals surface area contributed by atoms with Gasteiger partial charge in [0.05, 0.1) is 0 Å². The van der Waals surface area contributed by atoms with E-state index in [4.69, 9.17) is 0 Å². The van der Waals surface area contributed by atoms with E-state index in [1.54, 1.807) is 12.1 Å². The van der Waals surface area contributed by atoms with Gasteiger partial charge in [-0.05, 0) is 63.0 Å². The fourth-order valence-corrected chi connectivity index (χ4v) is 6.87. The molecule has 1 aromatic heterocycles. The highest BCUT2D eigenvalue weighted by Gasteiger charge is 2.41. The summed E-state index contributed by atoms with van der Waals surface area (Å²) in [6.45, 7) is 1.85. The molecule has 4 nitrogen and oxygen atoms in total. The number of nitrogens with one attached hydrogen (secondary N) is 1. The van der Waals surface area contributed by atoms with Crippen molar-refractivity contribution in [3.8, 4) is 0 Å². The van der Waals surface area contributed by atoms with Gasteiger partial charge in [-0.3, -0.25) is 4.55 Å². The zero-order chi connectivity index (χ0) is 22.9. The molecule has 3 unspecified atom stereocenters. The Morgan fingerprint density at radius 1 is 1.03 bits per heavy atom. The zero-order valence-corrected chi connectivity index (χ0v) is 18.7. The molecular weight excluding hydrogens is 437 g/mol. The van der Waals surface area contributed by atoms with E-state index < -0.39 is 27.2 Å². The highest BCUT2D eigenvalue weighted by molar-refractivity contribution is 7.86. The molecule has 0 aliphatic heterocycles. The Bertz CT molecular complexity index is 1720. The molecule has 6 rings (SSSR count). The van der Waals surface area contributed by atoms with Crippen LogP contribution in [0.25, 0.3) is 33.8 Å². The van der Waals surface area contributed by atoms with Crippen LogP contribution in [0.1, 0.15) is 35.6 Å². The second-order valence-electron chi connectivity index (χ2n) is 9.02. The number of aromatic nitrogens is 1. The normalized spacial score (nSPS) is 22.0. The molecular formula is C27H22FNO3S. The van der Waals surface area contributed by atoms with Gasteiger partial charge in [-0.1, -0.05) is 55.5 Å². The maximum Gasteiger partial charge on any atom is 0.269 e. The predicted molar refractivity (Wildman–Crippen MR) is 130 cm³/mol. The fraction of sp³-hybridized carbons (Fsp3) is 0.185. The molecule has 0 saturated carbocycles. The summed E-state index contributed by atoms with van der Waals surface area (Å²) in [6, 6.07) is 14.5. The molecule has 0 saturated heterocycles. The van der Waals surface area contributed by atoms with Crippen LogP contribution in [0.15, 0.2) is 60.7 Å². The van der Waals surface area contributed by atoms with E-state index in [1.165, 1.54) is 22.9 Å². The molecule has 0 radical (unpaired) electrons. The average Bonchev–Trinajstić information content (AvgIpc) is 3.20. The Balaban J connectivity index is 1.66. The van der Waals surface area contributed by atoms with Gasteiger partial charge in [-0.2, -0.15) is 8.42 Å². The Kier molecular flexibility index (Phi) is 4.41. The molecule has 166 valence electrons. The number of hydrogen-bond donors (Lipinski definition) is 2. The largest absolute Gasteiger partial charge is 0.358 e. The summed E-state index contributed by atoms with van der Waals surface area (Å²) in [4.78, 5) is 3.26. The molecule has 6 heteroatoms. The molecule has 0 amide bonds. The molecule has 2 N–H and O–H groups in total. The number of allylic oxidation sites excluding steroid dienone is 2. The van der Waals surface area contributed by atoms with E-state index in [2.05, 4.69) is 41.4 Å². The van der Waals surface area contributed by atoms with Crippen molar-refractivity contribution in [2.45, 2.75) is 30.4 Å². The Hall–Kier alpha value is -3.22. The molecule has 0 fully saturated rings. The summed E-state index contributed by atoms with van der Waals surface area (Å²) in [5, 5.41) is 3.98. The predicted octanol–water partition coefficient (Wildman–Crippen LogP) is 4.29. The van der Waals surface area contributed by atoms with Crippen molar-refractivity contribution in [3.63, 3.8) is 0 Å². The number of fused-ring (bicyclic) bond motifs is 6. The number of hydrogen-bond acceptors (Lipinski definition) is 2. The maximum absolute atomic E-state index is 13.8. The van der Waals surface area contributed by atoms with Crippen molar-refractivity contribution in [2.75, 3.05) is 0 Å². The van der Waals surface area contributed by atoms with E-state index in [0.717, 1.165) is 33.5 Å². The van der Waals surface area contributed by atoms with Crippen molar-refractivity contribution in [3.05, 3.63) is 93.8 Å². The van der Waals surface area contributed by atoms with Gasteiger partial charge >= 0.3 is 0 Å². The molecule has 4 aromatic rings. The van der Waals surface area contributed by atoms with Crippen molar-refractivity contribution >= 4 is 43.9 Å². The van der Waals surface area contributed by atoms with E-state index in [-0.39, 0.29) is 5.82 Å². The topological polar surface area (TPSA) is 70.2 Å². The minimum absolute atomic E-state index is 0.355. The van der Waals surface area contributed by atoms with E-state index in [9.17, 15) is 17.4 Å². The van der Waals surface area contributed by atoms with Gasteiger partial charge in [0.2, 0.25) is 0 Å². The van der Waals surface area contributed by atoms with Crippen LogP contribution in [-0.4, -0.2) is 23.2 Å². The van der Waals surface area contributed by atoms with Crippen LogP contribution in [0.5, 0.6) is 0 Å². The molecule has 2 aliphatic carbocycles. The van der Waals surface area contributed by atoms with Crippen molar-refractivity contribution < 1.29 is 17.4 Å². The summed E-state index contributed by atoms with van der Waals surface area (Å²) >= 11 is 0. The third-order valence-corrected chi connectivity index (χ3v) is 8.52. The summed E-state index contributed by atoms with van der Waals surface area (Å²) in [5.41, 5.74) is 3.52. The molecule has 3 atom stereocenters. The van der Waals surface area contributed by atoms with Crippen LogP contribution < -0.4 is 10.4 Å². The average molecular weight is 460 g/mol. The van der Waals surface area contributed by atoms with Crippen molar-refractivity contribution in [1.29, 1.82) is 0 Å². The number of rotatable bonds is 2. The highest BCUT2D eigenvalue weighted by atomic mass is 32.2. The second kappa shape index (κ2) is 7.14. The first-order chi connectivity index (χ1) is 15.8. The van der Waals surface area contributed by atoms with Gasteiger partial charge in [0.25, 0.3) is 10.1 Å². The smallest absolute Gasteiger partial charge is 0.269 e. The van der Waals surface area contributed by atoms with Gasteiger partial charge in [-0.15, -0.1) is 0 Å². The van der Waals surface area contributed by atoms with Gasteiger partial charge < -0.3 is 4.98 Å². The summed E-state index contributed by atoms with van der Waals surface area (Å²) in [7, 11) is -4.37. The SMILES string of the molecule is CC1c2ccc3c4c(ccc3c2=CC(c2cc3cc(F)ccc3[nH]2)C1S(=O)(=O)O)CC=CC=4. The highest BCUT2D eigenvalue weighted by Crippen LogP contribution is 2.39. The number of benzene rings is 3. The standard InChI is InChI=1S/C27H22FNO3S/c1-15-19-9-10-21-20-5-3-2-4-16(20)6-8-22(21)23(19)14-24(27(15)33(30,31)32)26-13-17-12-18(28)7-11-25(17)29-26/h2-3,5-15,24,27,29H,4H2,1H3,(H,30,31,32). The third kappa shape index (κ3) is 3.16. The first-order valence-corrected chi connectivity index (χ1v) is 12.5. The number of halogens is 1. The van der Waals surface area contributed by atoms with E-state index >= 15 is 0 Å². The summed E-state index contributed by atoms with van der Waals surface area (Å²) in [5.74, 6) is -1.40. The summed E-state index contributed by atoms with van der Waals surface area (Å²) in [6.07, 6.45) is 9.14. The quantitative estimate of drug-likeness (QED) is 0.440. The van der Waals surface area contributed by atoms with Crippen LogP contribution >= 0.6 is 0 Å². The van der Waals surface area contributed by atoms with Crippen LogP contribution in [0.2, 0.25) is 0 Å². The lowest BCUT2D eigenvalue weighted by Crippen LogP contribution is -2.39. The lowest BCUT2D eigenvalue weighted by Gasteiger charge is -2.32. The minimum Gasteiger partial charge on any atom is -0.358 e. The van der Waals surface area contributed by atoms with Gasteiger partial charge in [0.15, 0.2) is 0 Å². The lowest BCUT2D eigenvalue weighted by atomic mass is 9.79. The van der Waals surface area contributed by atoms with Crippen molar-refractivity contribution in [2.24, 2.45) is 0 Å². The van der Waals surface area contributed by atoms with E-state index in [1.807, 2.05) is 19.1 Å². The number of aromatic amines is 1. The van der Waals surface area contributed by atoms with Gasteiger partial charge in [0.1, 0.15) is 11.1 Å². The molecule has 2 aliphatic rings. The maximum atomic E-state index is 13.8. The third-order valence-electron chi connectivity index (χ3n) is 7.14. The Labute approximate surface area is 190 Å². The minimum atomic E-state index is -4.37. The lowest BCUT2D eigenvalue weighted by molar-refractivity contribution is 0.446. The first kappa shape index (κ1) is 20.4. The van der Waals surface area contributed by atoms with Crippen LogP contribution in [0.4, 0.5) is 4.39 Å². The first-order valence-electron chi connectivity index (χ1n) is 11.0. The fourth-order valence-electron chi connectivity index (χ4n) is 5.61. The molecule has 3 aromatic carbocycles.